The van der Waals surface area contributed by atoms with Gasteiger partial charge in [0, 0.05) is 16.8 Å². The highest BCUT2D eigenvalue weighted by Gasteiger charge is 2.19. The molecule has 0 radical (unpaired) electrons. The molecule has 0 saturated carbocycles. The average Bonchev–Trinajstić information content (AvgIpc) is 3.34. The molecule has 41 heavy (non-hydrogen) atoms. The SMILES string of the molecule is C/C(=C\C(=N/Nc1ccc(S(=O)(=O)Nc2ccccc2)cc1)C(C)(C)C)NC(=O)Nc1nc2ccccc2[nH]1.CC. The number of nitrogens with one attached hydrogen (secondary N) is 5. The van der Waals surface area contributed by atoms with Gasteiger partial charge in [0.25, 0.3) is 10.0 Å². The zero-order valence-corrected chi connectivity index (χ0v) is 24.9. The van der Waals surface area contributed by atoms with Gasteiger partial charge < -0.3 is 10.3 Å². The smallest absolute Gasteiger partial charge is 0.324 e. The number of H-pyrrole nitrogens is 1. The number of hydrogen-bond donors (Lipinski definition) is 5. The lowest BCUT2D eigenvalue weighted by atomic mass is 9.89. The van der Waals surface area contributed by atoms with Gasteiger partial charge in [0.05, 0.1) is 27.3 Å². The second-order valence-electron chi connectivity index (χ2n) is 9.86. The quantitative estimate of drug-likeness (QED) is 0.114. The van der Waals surface area contributed by atoms with Crippen molar-refractivity contribution in [2.24, 2.45) is 10.5 Å². The summed E-state index contributed by atoms with van der Waals surface area (Å²) in [6, 6.07) is 22.0. The van der Waals surface area contributed by atoms with Crippen molar-refractivity contribution in [3.8, 4) is 0 Å². The number of imidazole rings is 1. The molecular weight excluding hydrogens is 538 g/mol. The molecule has 0 spiro atoms. The molecule has 0 aliphatic rings. The Hall–Kier alpha value is -4.64. The van der Waals surface area contributed by atoms with Gasteiger partial charge in [-0.25, -0.2) is 18.2 Å². The molecule has 5 N–H and O–H groups in total. The fraction of sp³-hybridized carbons (Fsp3) is 0.233. The number of hydrogen-bond acceptors (Lipinski definition) is 6. The van der Waals surface area contributed by atoms with Crippen LogP contribution in [0.1, 0.15) is 41.5 Å². The van der Waals surface area contributed by atoms with Crippen molar-refractivity contribution in [1.82, 2.24) is 15.3 Å². The number of fused-ring (bicyclic) bond motifs is 1. The molecule has 0 unspecified atom stereocenters. The van der Waals surface area contributed by atoms with Crippen LogP contribution in [0.4, 0.5) is 22.1 Å². The van der Waals surface area contributed by atoms with Crippen LogP contribution in [0.5, 0.6) is 0 Å². The van der Waals surface area contributed by atoms with Crippen LogP contribution in [-0.4, -0.2) is 30.1 Å². The molecule has 0 aliphatic heterocycles. The minimum absolute atomic E-state index is 0.132. The van der Waals surface area contributed by atoms with Crippen molar-refractivity contribution in [2.75, 3.05) is 15.5 Å². The van der Waals surface area contributed by atoms with E-state index in [2.05, 4.69) is 35.9 Å². The number of hydrazone groups is 1. The number of aromatic nitrogens is 2. The number of nitrogens with zero attached hydrogens (tertiary/aromatic N) is 2. The summed E-state index contributed by atoms with van der Waals surface area (Å²) in [5, 5.41) is 10.0. The number of benzene rings is 3. The van der Waals surface area contributed by atoms with Crippen molar-refractivity contribution < 1.29 is 13.2 Å². The first-order chi connectivity index (χ1) is 19.5. The molecule has 4 aromatic rings. The first kappa shape index (κ1) is 30.9. The summed E-state index contributed by atoms with van der Waals surface area (Å²) >= 11 is 0. The zero-order valence-electron chi connectivity index (χ0n) is 24.1. The molecule has 11 heteroatoms. The van der Waals surface area contributed by atoms with E-state index < -0.39 is 16.1 Å². The summed E-state index contributed by atoms with van der Waals surface area (Å²) in [7, 11) is -3.72. The molecule has 1 heterocycles. The monoisotopic (exact) mass is 575 g/mol. The lowest BCUT2D eigenvalue weighted by Gasteiger charge is -2.20. The highest BCUT2D eigenvalue weighted by Crippen LogP contribution is 2.21. The highest BCUT2D eigenvalue weighted by atomic mass is 32.2. The molecule has 2 amide bonds. The second-order valence-corrected chi connectivity index (χ2v) is 11.5. The number of allylic oxidation sites excluding steroid dienone is 2. The summed E-state index contributed by atoms with van der Waals surface area (Å²) in [6.45, 7) is 11.8. The van der Waals surface area contributed by atoms with E-state index in [1.807, 2.05) is 65.0 Å². The lowest BCUT2D eigenvalue weighted by Crippen LogP contribution is -2.29. The molecule has 1 aromatic heterocycles. The normalized spacial score (nSPS) is 12.2. The van der Waals surface area contributed by atoms with Gasteiger partial charge in [0.15, 0.2) is 0 Å². The maximum Gasteiger partial charge on any atom is 0.325 e. The van der Waals surface area contributed by atoms with Crippen molar-refractivity contribution in [2.45, 2.75) is 46.4 Å². The minimum Gasteiger partial charge on any atom is -0.324 e. The number of rotatable bonds is 8. The van der Waals surface area contributed by atoms with Gasteiger partial charge in [-0.05, 0) is 61.5 Å². The van der Waals surface area contributed by atoms with E-state index in [0.29, 0.717) is 28.7 Å². The zero-order chi connectivity index (χ0) is 30.0. The van der Waals surface area contributed by atoms with Gasteiger partial charge in [0.2, 0.25) is 5.95 Å². The number of carbonyl (C=O) groups excluding carboxylic acids is 1. The molecular formula is C30H37N7O3S. The van der Waals surface area contributed by atoms with Gasteiger partial charge in [-0.15, -0.1) is 0 Å². The van der Waals surface area contributed by atoms with Crippen LogP contribution in [0.2, 0.25) is 0 Å². The summed E-state index contributed by atoms with van der Waals surface area (Å²) < 4.78 is 27.9. The molecule has 3 aromatic carbocycles. The number of sulfonamides is 1. The van der Waals surface area contributed by atoms with Crippen LogP contribution < -0.4 is 20.8 Å². The molecule has 0 fully saturated rings. The average molecular weight is 576 g/mol. The van der Waals surface area contributed by atoms with E-state index in [0.717, 1.165) is 11.0 Å². The molecule has 0 saturated heterocycles. The molecule has 0 aliphatic carbocycles. The molecule has 0 bridgehead atoms. The Morgan fingerprint density at radius 2 is 1.54 bits per heavy atom. The largest absolute Gasteiger partial charge is 0.325 e. The Kier molecular flexibility index (Phi) is 10.3. The van der Waals surface area contributed by atoms with Gasteiger partial charge in [0.1, 0.15) is 0 Å². The van der Waals surface area contributed by atoms with Crippen molar-refractivity contribution >= 4 is 50.1 Å². The van der Waals surface area contributed by atoms with E-state index in [9.17, 15) is 13.2 Å². The highest BCUT2D eigenvalue weighted by molar-refractivity contribution is 7.92. The number of carbonyl (C=O) groups is 1. The van der Waals surface area contributed by atoms with E-state index in [4.69, 9.17) is 0 Å². The predicted molar refractivity (Wildman–Crippen MR) is 168 cm³/mol. The van der Waals surface area contributed by atoms with E-state index in [-0.39, 0.29) is 10.3 Å². The standard InChI is InChI=1S/C28H31N7O3S.C2H6/c1-19(29-27(36)32-26-30-23-12-8-9-13-24(23)31-26)18-25(28(2,3)4)34-33-20-14-16-22(17-15-20)39(37,38)35-21-10-6-5-7-11-21;1-2/h5-18,33,35H,1-4H3,(H3,29,30,31,32,36);1-2H3/b19-18+,34-25+;. The third kappa shape index (κ3) is 8.94. The summed E-state index contributed by atoms with van der Waals surface area (Å²) in [5.74, 6) is 0.345. The van der Waals surface area contributed by atoms with E-state index in [1.54, 1.807) is 49.4 Å². The Balaban J connectivity index is 0.00000226. The van der Waals surface area contributed by atoms with Gasteiger partial charge in [-0.2, -0.15) is 5.10 Å². The van der Waals surface area contributed by atoms with Crippen LogP contribution in [0.3, 0.4) is 0 Å². The topological polar surface area (TPSA) is 140 Å². The van der Waals surface area contributed by atoms with Crippen LogP contribution >= 0.6 is 0 Å². The third-order valence-electron chi connectivity index (χ3n) is 5.55. The number of anilines is 3. The van der Waals surface area contributed by atoms with E-state index >= 15 is 0 Å². The number of aromatic amines is 1. The molecule has 0 atom stereocenters. The Morgan fingerprint density at radius 3 is 2.17 bits per heavy atom. The number of para-hydroxylation sites is 3. The maximum atomic E-state index is 12.7. The second kappa shape index (κ2) is 13.6. The van der Waals surface area contributed by atoms with Crippen molar-refractivity contribution in [1.29, 1.82) is 0 Å². The number of amides is 2. The number of urea groups is 1. The third-order valence-corrected chi connectivity index (χ3v) is 6.95. The van der Waals surface area contributed by atoms with E-state index in [1.165, 1.54) is 12.1 Å². The molecule has 4 rings (SSSR count). The first-order valence-corrected chi connectivity index (χ1v) is 14.7. The van der Waals surface area contributed by atoms with Gasteiger partial charge in [-0.3, -0.25) is 15.5 Å². The molecule has 216 valence electrons. The van der Waals surface area contributed by atoms with Crippen molar-refractivity contribution in [3.63, 3.8) is 0 Å². The lowest BCUT2D eigenvalue weighted by molar-refractivity contribution is 0.254. The first-order valence-electron chi connectivity index (χ1n) is 13.2. The summed E-state index contributed by atoms with van der Waals surface area (Å²) in [5.41, 5.74) is 6.55. The summed E-state index contributed by atoms with van der Waals surface area (Å²) in [6.07, 6.45) is 1.77. The van der Waals surface area contributed by atoms with Crippen LogP contribution in [-0.2, 0) is 10.0 Å². The minimum atomic E-state index is -3.72. The Morgan fingerprint density at radius 1 is 0.902 bits per heavy atom. The molecule has 10 nitrogen and oxygen atoms in total. The van der Waals surface area contributed by atoms with Gasteiger partial charge in [-0.1, -0.05) is 65.0 Å². The fourth-order valence-electron chi connectivity index (χ4n) is 3.54. The van der Waals surface area contributed by atoms with Crippen LogP contribution in [0.15, 0.2) is 101 Å². The van der Waals surface area contributed by atoms with Crippen LogP contribution in [0, 0.1) is 5.41 Å². The summed E-state index contributed by atoms with van der Waals surface area (Å²) in [4.78, 5) is 20.0. The van der Waals surface area contributed by atoms with Gasteiger partial charge >= 0.3 is 6.03 Å². The Bertz CT molecular complexity index is 1590. The fourth-order valence-corrected chi connectivity index (χ4v) is 4.60. The predicted octanol–water partition coefficient (Wildman–Crippen LogP) is 6.93. The van der Waals surface area contributed by atoms with Crippen molar-refractivity contribution in [3.05, 3.63) is 90.6 Å². The maximum absolute atomic E-state index is 12.7. The Labute approximate surface area is 241 Å². The van der Waals surface area contributed by atoms with Crippen LogP contribution in [0.25, 0.3) is 11.0 Å².